The molecule has 128 valence electrons. The van der Waals surface area contributed by atoms with Gasteiger partial charge < -0.3 is 20.1 Å². The quantitative estimate of drug-likeness (QED) is 0.750. The number of piperidine rings is 1. The minimum absolute atomic E-state index is 0.107. The van der Waals surface area contributed by atoms with Gasteiger partial charge in [0.05, 0.1) is 24.6 Å². The molecule has 2 atom stereocenters. The van der Waals surface area contributed by atoms with E-state index in [1.807, 2.05) is 6.20 Å². The molecule has 0 unspecified atom stereocenters. The second kappa shape index (κ2) is 6.22. The van der Waals surface area contributed by atoms with Crippen LogP contribution in [0.15, 0.2) is 12.5 Å². The van der Waals surface area contributed by atoms with Crippen molar-refractivity contribution >= 4 is 5.91 Å². The van der Waals surface area contributed by atoms with E-state index in [1.54, 1.807) is 13.3 Å². The van der Waals surface area contributed by atoms with Gasteiger partial charge in [-0.25, -0.2) is 4.98 Å². The van der Waals surface area contributed by atoms with E-state index < -0.39 is 5.60 Å². The van der Waals surface area contributed by atoms with Gasteiger partial charge in [-0.1, -0.05) is 0 Å². The van der Waals surface area contributed by atoms with Crippen LogP contribution in [0.3, 0.4) is 0 Å². The van der Waals surface area contributed by atoms with Crippen molar-refractivity contribution in [3.05, 3.63) is 18.2 Å². The third kappa shape index (κ3) is 3.73. The molecule has 2 aliphatic rings. The summed E-state index contributed by atoms with van der Waals surface area (Å²) in [6.07, 6.45) is 6.04. The van der Waals surface area contributed by atoms with Crippen LogP contribution in [0, 0.1) is 0 Å². The number of H-pyrrole nitrogens is 1. The number of nitrogens with zero attached hydrogens (tertiary/aromatic N) is 2. The van der Waals surface area contributed by atoms with Gasteiger partial charge in [-0.3, -0.25) is 9.69 Å². The number of ether oxygens (including phenoxy) is 1. The molecule has 0 bridgehead atoms. The van der Waals surface area contributed by atoms with Crippen LogP contribution in [0.4, 0.5) is 0 Å². The Balaban J connectivity index is 1.59. The molecule has 2 fully saturated rings. The Morgan fingerprint density at radius 1 is 1.57 bits per heavy atom. The van der Waals surface area contributed by atoms with Gasteiger partial charge >= 0.3 is 0 Å². The van der Waals surface area contributed by atoms with E-state index in [2.05, 4.69) is 20.2 Å². The van der Waals surface area contributed by atoms with Crippen molar-refractivity contribution in [1.82, 2.24) is 20.2 Å². The molecule has 1 aromatic rings. The largest absolute Gasteiger partial charge is 0.386 e. The number of aromatic nitrogens is 2. The summed E-state index contributed by atoms with van der Waals surface area (Å²) in [6.45, 7) is 6.22. The van der Waals surface area contributed by atoms with E-state index >= 15 is 0 Å². The standard InChI is InChI=1S/C16H26N4O3/c1-12(21)19-14-7-16(23-10-15(14,2)22)3-5-20(6-4-16)9-13-8-17-11-18-13/h8,11,14,22H,3-7,9-10H2,1-2H3,(H,17,18)(H,19,21)/t14-,15-/m0/s1. The summed E-state index contributed by atoms with van der Waals surface area (Å²) in [7, 11) is 0. The first kappa shape index (κ1) is 16.4. The summed E-state index contributed by atoms with van der Waals surface area (Å²) >= 11 is 0. The van der Waals surface area contributed by atoms with Crippen molar-refractivity contribution in [1.29, 1.82) is 0 Å². The highest BCUT2D eigenvalue weighted by Crippen LogP contribution is 2.38. The van der Waals surface area contributed by atoms with Crippen molar-refractivity contribution in [2.45, 2.75) is 56.9 Å². The first-order valence-electron chi connectivity index (χ1n) is 8.22. The number of aromatic amines is 1. The van der Waals surface area contributed by atoms with Gasteiger partial charge in [-0.2, -0.15) is 0 Å². The Kier molecular flexibility index (Phi) is 4.44. The minimum Gasteiger partial charge on any atom is -0.386 e. The molecule has 0 aliphatic carbocycles. The molecule has 1 aromatic heterocycles. The average molecular weight is 322 g/mol. The Labute approximate surface area is 136 Å². The van der Waals surface area contributed by atoms with E-state index in [0.717, 1.165) is 38.2 Å². The molecule has 7 heteroatoms. The van der Waals surface area contributed by atoms with Gasteiger partial charge in [-0.05, 0) is 26.2 Å². The Bertz CT molecular complexity index is 536. The van der Waals surface area contributed by atoms with Crippen LogP contribution in [0.5, 0.6) is 0 Å². The fourth-order valence-electron chi connectivity index (χ4n) is 3.58. The van der Waals surface area contributed by atoms with Crippen LogP contribution in [0.25, 0.3) is 0 Å². The predicted molar refractivity (Wildman–Crippen MR) is 84.6 cm³/mol. The van der Waals surface area contributed by atoms with E-state index in [9.17, 15) is 9.90 Å². The molecule has 0 radical (unpaired) electrons. The van der Waals surface area contributed by atoms with Gasteiger partial charge in [0.15, 0.2) is 0 Å². The molecule has 2 aliphatic heterocycles. The second-order valence-corrected chi connectivity index (χ2v) is 7.14. The monoisotopic (exact) mass is 322 g/mol. The van der Waals surface area contributed by atoms with Crippen LogP contribution in [0.2, 0.25) is 0 Å². The Morgan fingerprint density at radius 3 is 2.91 bits per heavy atom. The van der Waals surface area contributed by atoms with Crippen molar-refractivity contribution in [2.75, 3.05) is 19.7 Å². The highest BCUT2D eigenvalue weighted by molar-refractivity contribution is 5.73. The number of carbonyl (C=O) groups is 1. The number of amides is 1. The Morgan fingerprint density at radius 2 is 2.30 bits per heavy atom. The molecule has 3 N–H and O–H groups in total. The SMILES string of the molecule is CC(=O)N[C@H]1CC2(CCN(Cc3cnc[nH]3)CC2)OC[C@]1(C)O. The molecule has 1 amide bonds. The minimum atomic E-state index is -1.01. The van der Waals surface area contributed by atoms with E-state index in [-0.39, 0.29) is 24.2 Å². The van der Waals surface area contributed by atoms with E-state index in [4.69, 9.17) is 4.74 Å². The normalized spacial score (nSPS) is 31.2. The molecular formula is C16H26N4O3. The fourth-order valence-corrected chi connectivity index (χ4v) is 3.58. The number of rotatable bonds is 3. The van der Waals surface area contributed by atoms with Crippen molar-refractivity contribution in [3.8, 4) is 0 Å². The van der Waals surface area contributed by atoms with Gasteiger partial charge in [-0.15, -0.1) is 0 Å². The maximum absolute atomic E-state index is 11.4. The third-order valence-corrected chi connectivity index (χ3v) is 5.09. The summed E-state index contributed by atoms with van der Waals surface area (Å²) in [5, 5.41) is 13.4. The zero-order chi connectivity index (χ0) is 16.5. The summed E-state index contributed by atoms with van der Waals surface area (Å²) in [5.74, 6) is -0.107. The van der Waals surface area contributed by atoms with Gasteiger partial charge in [0.1, 0.15) is 5.60 Å². The molecule has 0 aromatic carbocycles. The highest BCUT2D eigenvalue weighted by atomic mass is 16.5. The van der Waals surface area contributed by atoms with Crippen molar-refractivity contribution in [3.63, 3.8) is 0 Å². The maximum Gasteiger partial charge on any atom is 0.217 e. The smallest absolute Gasteiger partial charge is 0.217 e. The maximum atomic E-state index is 11.4. The average Bonchev–Trinajstić information content (AvgIpc) is 2.99. The van der Waals surface area contributed by atoms with Crippen LogP contribution in [0.1, 0.15) is 38.8 Å². The zero-order valence-corrected chi connectivity index (χ0v) is 13.8. The lowest BCUT2D eigenvalue weighted by Crippen LogP contribution is -2.63. The molecular weight excluding hydrogens is 296 g/mol. The van der Waals surface area contributed by atoms with Crippen molar-refractivity contribution in [2.24, 2.45) is 0 Å². The fraction of sp³-hybridized carbons (Fsp3) is 0.750. The number of carbonyl (C=O) groups excluding carboxylic acids is 1. The third-order valence-electron chi connectivity index (χ3n) is 5.09. The first-order valence-corrected chi connectivity index (χ1v) is 8.22. The second-order valence-electron chi connectivity index (χ2n) is 7.14. The molecule has 7 nitrogen and oxygen atoms in total. The highest BCUT2D eigenvalue weighted by Gasteiger charge is 2.48. The summed E-state index contributed by atoms with van der Waals surface area (Å²) < 4.78 is 6.07. The first-order chi connectivity index (χ1) is 10.9. The zero-order valence-electron chi connectivity index (χ0n) is 13.8. The topological polar surface area (TPSA) is 90.5 Å². The molecule has 0 saturated carbocycles. The van der Waals surface area contributed by atoms with Gasteiger partial charge in [0.25, 0.3) is 0 Å². The molecule has 3 heterocycles. The number of aliphatic hydroxyl groups is 1. The lowest BCUT2D eigenvalue weighted by atomic mass is 9.77. The molecule has 2 saturated heterocycles. The van der Waals surface area contributed by atoms with Crippen LogP contribution < -0.4 is 5.32 Å². The van der Waals surface area contributed by atoms with E-state index in [0.29, 0.717) is 6.42 Å². The van der Waals surface area contributed by atoms with Crippen LogP contribution in [-0.2, 0) is 16.1 Å². The number of imidazole rings is 1. The van der Waals surface area contributed by atoms with E-state index in [1.165, 1.54) is 6.92 Å². The number of hydrogen-bond donors (Lipinski definition) is 3. The summed E-state index contributed by atoms with van der Waals surface area (Å²) in [4.78, 5) is 21.0. The number of likely N-dealkylation sites (tertiary alicyclic amines) is 1. The summed E-state index contributed by atoms with van der Waals surface area (Å²) in [6, 6.07) is -0.257. The lowest BCUT2D eigenvalue weighted by molar-refractivity contribution is -0.193. The lowest BCUT2D eigenvalue weighted by Gasteiger charge is -2.50. The van der Waals surface area contributed by atoms with Crippen molar-refractivity contribution < 1.29 is 14.6 Å². The number of hydrogen-bond acceptors (Lipinski definition) is 5. The molecule has 1 spiro atoms. The van der Waals surface area contributed by atoms with Gasteiger partial charge in [0, 0.05) is 38.4 Å². The predicted octanol–water partition coefficient (Wildman–Crippen LogP) is 0.420. The summed E-state index contributed by atoms with van der Waals surface area (Å²) in [5.41, 5.74) is -0.131. The molecule has 23 heavy (non-hydrogen) atoms. The van der Waals surface area contributed by atoms with Gasteiger partial charge in [0.2, 0.25) is 5.91 Å². The number of nitrogens with one attached hydrogen (secondary N) is 2. The van der Waals surface area contributed by atoms with Crippen LogP contribution >= 0.6 is 0 Å². The van der Waals surface area contributed by atoms with Crippen LogP contribution in [-0.4, -0.2) is 62.8 Å². The molecule has 3 rings (SSSR count). The Hall–Kier alpha value is -1.44.